The van der Waals surface area contributed by atoms with Crippen molar-refractivity contribution in [1.82, 2.24) is 5.32 Å². The molecule has 1 heterocycles. The summed E-state index contributed by atoms with van der Waals surface area (Å²) in [7, 11) is 2.03. The zero-order chi connectivity index (χ0) is 15.0. The number of rotatable bonds is 3. The molecule has 3 rings (SSSR count). The standard InChI is InChI=1S/C19H23NO/c1-12-9-13(2)18(14(3)10-12)19(20-4)16-5-6-17-15(11-16)7-8-21-17/h5-6,9-11,19-20H,7-8H2,1-4H3. The lowest BCUT2D eigenvalue weighted by Crippen LogP contribution is -2.20. The van der Waals surface area contributed by atoms with Gasteiger partial charge in [0.1, 0.15) is 5.75 Å². The molecule has 0 saturated heterocycles. The Kier molecular flexibility index (Phi) is 3.73. The van der Waals surface area contributed by atoms with Crippen molar-refractivity contribution < 1.29 is 4.74 Å². The lowest BCUT2D eigenvalue weighted by atomic mass is 9.89. The second-order valence-corrected chi connectivity index (χ2v) is 6.00. The van der Waals surface area contributed by atoms with E-state index < -0.39 is 0 Å². The number of hydrogen-bond donors (Lipinski definition) is 1. The molecular formula is C19H23NO. The molecule has 0 spiro atoms. The summed E-state index contributed by atoms with van der Waals surface area (Å²) >= 11 is 0. The van der Waals surface area contributed by atoms with Crippen LogP contribution in [-0.2, 0) is 6.42 Å². The van der Waals surface area contributed by atoms with Gasteiger partial charge >= 0.3 is 0 Å². The summed E-state index contributed by atoms with van der Waals surface area (Å²) in [5.74, 6) is 1.05. The molecular weight excluding hydrogens is 258 g/mol. The molecule has 0 fully saturated rings. The predicted octanol–water partition coefficient (Wildman–Crippen LogP) is 3.86. The van der Waals surface area contributed by atoms with Crippen molar-refractivity contribution in [3.8, 4) is 5.75 Å². The molecule has 21 heavy (non-hydrogen) atoms. The van der Waals surface area contributed by atoms with Gasteiger partial charge in [-0.1, -0.05) is 29.8 Å². The normalized spacial score (nSPS) is 14.7. The smallest absolute Gasteiger partial charge is 0.122 e. The zero-order valence-corrected chi connectivity index (χ0v) is 13.3. The van der Waals surface area contributed by atoms with Crippen LogP contribution in [0.15, 0.2) is 30.3 Å². The molecule has 1 unspecified atom stereocenters. The minimum absolute atomic E-state index is 0.233. The first-order chi connectivity index (χ1) is 10.1. The van der Waals surface area contributed by atoms with Gasteiger partial charge in [0, 0.05) is 6.42 Å². The Labute approximate surface area is 127 Å². The maximum atomic E-state index is 5.62. The minimum atomic E-state index is 0.233. The highest BCUT2D eigenvalue weighted by Gasteiger charge is 2.20. The third-order valence-corrected chi connectivity index (χ3v) is 4.36. The van der Waals surface area contributed by atoms with Crippen LogP contribution in [0.4, 0.5) is 0 Å². The second kappa shape index (κ2) is 5.53. The lowest BCUT2D eigenvalue weighted by Gasteiger charge is -2.23. The van der Waals surface area contributed by atoms with Crippen molar-refractivity contribution in [3.63, 3.8) is 0 Å². The summed E-state index contributed by atoms with van der Waals surface area (Å²) in [6.45, 7) is 7.38. The number of fused-ring (bicyclic) bond motifs is 1. The Bertz CT molecular complexity index is 652. The van der Waals surface area contributed by atoms with Crippen LogP contribution in [-0.4, -0.2) is 13.7 Å². The minimum Gasteiger partial charge on any atom is -0.493 e. The van der Waals surface area contributed by atoms with E-state index in [4.69, 9.17) is 4.74 Å². The number of ether oxygens (including phenoxy) is 1. The molecule has 1 N–H and O–H groups in total. The number of aryl methyl sites for hydroxylation is 3. The largest absolute Gasteiger partial charge is 0.493 e. The van der Waals surface area contributed by atoms with Crippen LogP contribution in [0.1, 0.15) is 39.4 Å². The summed E-state index contributed by atoms with van der Waals surface area (Å²) in [5, 5.41) is 3.49. The van der Waals surface area contributed by atoms with Crippen LogP contribution in [0.25, 0.3) is 0 Å². The van der Waals surface area contributed by atoms with Crippen LogP contribution >= 0.6 is 0 Å². The van der Waals surface area contributed by atoms with Crippen LogP contribution < -0.4 is 10.1 Å². The third kappa shape index (κ3) is 2.56. The van der Waals surface area contributed by atoms with Crippen molar-refractivity contribution in [2.24, 2.45) is 0 Å². The van der Waals surface area contributed by atoms with Gasteiger partial charge in [0.05, 0.1) is 12.6 Å². The van der Waals surface area contributed by atoms with E-state index in [1.165, 1.54) is 33.4 Å². The molecule has 0 radical (unpaired) electrons. The summed E-state index contributed by atoms with van der Waals surface area (Å²) in [6, 6.07) is 11.4. The van der Waals surface area contributed by atoms with E-state index in [2.05, 4.69) is 56.4 Å². The predicted molar refractivity (Wildman–Crippen MR) is 87.2 cm³/mol. The molecule has 110 valence electrons. The van der Waals surface area contributed by atoms with Crippen molar-refractivity contribution in [2.45, 2.75) is 33.2 Å². The molecule has 2 nitrogen and oxygen atoms in total. The van der Waals surface area contributed by atoms with Crippen molar-refractivity contribution in [3.05, 3.63) is 63.7 Å². The maximum Gasteiger partial charge on any atom is 0.122 e. The van der Waals surface area contributed by atoms with Gasteiger partial charge in [-0.25, -0.2) is 0 Å². The molecule has 0 amide bonds. The van der Waals surface area contributed by atoms with Crippen molar-refractivity contribution in [2.75, 3.05) is 13.7 Å². The highest BCUT2D eigenvalue weighted by atomic mass is 16.5. The Balaban J connectivity index is 2.07. The van der Waals surface area contributed by atoms with Crippen molar-refractivity contribution >= 4 is 0 Å². The summed E-state index contributed by atoms with van der Waals surface area (Å²) in [5.41, 5.74) is 8.06. The Morgan fingerprint density at radius 1 is 1.05 bits per heavy atom. The first kappa shape index (κ1) is 14.2. The van der Waals surface area contributed by atoms with Crippen LogP contribution in [0, 0.1) is 20.8 Å². The topological polar surface area (TPSA) is 21.3 Å². The second-order valence-electron chi connectivity index (χ2n) is 6.00. The van der Waals surface area contributed by atoms with Crippen molar-refractivity contribution in [1.29, 1.82) is 0 Å². The SMILES string of the molecule is CNC(c1ccc2c(c1)CCO2)c1c(C)cc(C)cc1C. The fraction of sp³-hybridized carbons (Fsp3) is 0.368. The molecule has 1 aliphatic rings. The van der Waals surface area contributed by atoms with Gasteiger partial charge in [0.25, 0.3) is 0 Å². The van der Waals surface area contributed by atoms with Gasteiger partial charge in [-0.2, -0.15) is 0 Å². The fourth-order valence-electron chi connectivity index (χ4n) is 3.51. The number of nitrogens with one attached hydrogen (secondary N) is 1. The van der Waals surface area contributed by atoms with E-state index in [-0.39, 0.29) is 6.04 Å². The monoisotopic (exact) mass is 281 g/mol. The number of benzene rings is 2. The quantitative estimate of drug-likeness (QED) is 0.922. The van der Waals surface area contributed by atoms with E-state index in [1.807, 2.05) is 7.05 Å². The summed E-state index contributed by atoms with van der Waals surface area (Å²) < 4.78 is 5.62. The Morgan fingerprint density at radius 3 is 2.43 bits per heavy atom. The zero-order valence-electron chi connectivity index (χ0n) is 13.3. The van der Waals surface area contributed by atoms with Gasteiger partial charge in [-0.15, -0.1) is 0 Å². The Hall–Kier alpha value is -1.80. The molecule has 0 bridgehead atoms. The fourth-order valence-corrected chi connectivity index (χ4v) is 3.51. The first-order valence-electron chi connectivity index (χ1n) is 7.61. The van der Waals surface area contributed by atoms with Crippen LogP contribution in [0.5, 0.6) is 5.75 Å². The third-order valence-electron chi connectivity index (χ3n) is 4.36. The Morgan fingerprint density at radius 2 is 1.76 bits per heavy atom. The maximum absolute atomic E-state index is 5.62. The molecule has 0 saturated carbocycles. The van der Waals surface area contributed by atoms with Gasteiger partial charge in [0.2, 0.25) is 0 Å². The highest BCUT2D eigenvalue weighted by molar-refractivity contribution is 5.47. The van der Waals surface area contributed by atoms with E-state index in [9.17, 15) is 0 Å². The van der Waals surface area contributed by atoms with E-state index >= 15 is 0 Å². The summed E-state index contributed by atoms with van der Waals surface area (Å²) in [4.78, 5) is 0. The number of hydrogen-bond acceptors (Lipinski definition) is 2. The van der Waals surface area contributed by atoms with Gasteiger partial charge in [-0.3, -0.25) is 0 Å². The average Bonchev–Trinajstić information content (AvgIpc) is 2.89. The van der Waals surface area contributed by atoms with E-state index in [1.54, 1.807) is 0 Å². The van der Waals surface area contributed by atoms with Gasteiger partial charge in [0.15, 0.2) is 0 Å². The molecule has 2 heteroatoms. The first-order valence-corrected chi connectivity index (χ1v) is 7.61. The molecule has 2 aromatic carbocycles. The average molecular weight is 281 g/mol. The van der Waals surface area contributed by atoms with Crippen LogP contribution in [0.2, 0.25) is 0 Å². The molecule has 1 aliphatic heterocycles. The van der Waals surface area contributed by atoms with E-state index in [0.717, 1.165) is 18.8 Å². The molecule has 0 aromatic heterocycles. The highest BCUT2D eigenvalue weighted by Crippen LogP contribution is 2.33. The molecule has 2 aromatic rings. The van der Waals surface area contributed by atoms with Crippen LogP contribution in [0.3, 0.4) is 0 Å². The molecule has 0 aliphatic carbocycles. The van der Waals surface area contributed by atoms with E-state index in [0.29, 0.717) is 0 Å². The lowest BCUT2D eigenvalue weighted by molar-refractivity contribution is 0.357. The summed E-state index contributed by atoms with van der Waals surface area (Å²) in [6.07, 6.45) is 1.02. The van der Waals surface area contributed by atoms with Gasteiger partial charge < -0.3 is 10.1 Å². The van der Waals surface area contributed by atoms with Gasteiger partial charge in [-0.05, 0) is 61.7 Å². The molecule has 1 atom stereocenters.